The van der Waals surface area contributed by atoms with Crippen molar-refractivity contribution in [3.05, 3.63) is 76.9 Å². The van der Waals surface area contributed by atoms with Crippen molar-refractivity contribution in [3.8, 4) is 5.75 Å². The molecular formula is C28H32F4O. The van der Waals surface area contributed by atoms with Crippen molar-refractivity contribution in [1.29, 1.82) is 0 Å². The lowest BCUT2D eigenvalue weighted by molar-refractivity contribution is 0.310. The lowest BCUT2D eigenvalue weighted by atomic mass is 9.74. The summed E-state index contributed by atoms with van der Waals surface area (Å²) < 4.78 is 64.1. The molecule has 2 aliphatic rings. The number of hydrogen-bond donors (Lipinski definition) is 0. The standard InChI is InChI=1S/C28H32F4O/c1-3-17-5-7-18(8-6-17)21-13-14-22(26(30)25(21)29)19-9-11-20(12-10-19)23-15-16-24(33-4-2)28(32)27(23)31/h3,13-20H,1,4-12H2,2H3. The molecule has 33 heavy (non-hydrogen) atoms. The molecule has 2 aliphatic carbocycles. The second kappa shape index (κ2) is 10.3. The molecule has 0 aliphatic heterocycles. The first-order valence-electron chi connectivity index (χ1n) is 12.2. The van der Waals surface area contributed by atoms with Crippen LogP contribution >= 0.6 is 0 Å². The van der Waals surface area contributed by atoms with Crippen LogP contribution in [0.5, 0.6) is 5.75 Å². The molecule has 0 amide bonds. The number of rotatable bonds is 6. The summed E-state index contributed by atoms with van der Waals surface area (Å²) in [6, 6.07) is 6.57. The number of allylic oxidation sites excluding steroid dienone is 1. The highest BCUT2D eigenvalue weighted by Gasteiger charge is 2.31. The van der Waals surface area contributed by atoms with E-state index in [4.69, 9.17) is 4.74 Å². The van der Waals surface area contributed by atoms with Crippen LogP contribution in [0.3, 0.4) is 0 Å². The highest BCUT2D eigenvalue weighted by atomic mass is 19.2. The SMILES string of the molecule is C=CC1CCC(c2ccc(C3CCC(c4ccc(OCC)c(F)c4F)CC3)c(F)c2F)CC1. The van der Waals surface area contributed by atoms with Crippen molar-refractivity contribution in [2.45, 2.75) is 76.0 Å². The molecule has 2 fully saturated rings. The maximum absolute atomic E-state index is 15.1. The van der Waals surface area contributed by atoms with Crippen molar-refractivity contribution in [2.24, 2.45) is 5.92 Å². The van der Waals surface area contributed by atoms with Crippen LogP contribution in [-0.2, 0) is 0 Å². The molecule has 2 saturated carbocycles. The Bertz CT molecular complexity index is 986. The fourth-order valence-electron chi connectivity index (χ4n) is 5.72. The summed E-state index contributed by atoms with van der Waals surface area (Å²) in [6.07, 6.45) is 8.00. The maximum Gasteiger partial charge on any atom is 0.200 e. The van der Waals surface area contributed by atoms with Crippen LogP contribution in [0.15, 0.2) is 36.9 Å². The van der Waals surface area contributed by atoms with Gasteiger partial charge in [0.1, 0.15) is 0 Å². The molecule has 0 spiro atoms. The maximum atomic E-state index is 15.1. The Balaban J connectivity index is 1.44. The van der Waals surface area contributed by atoms with Crippen LogP contribution in [0.4, 0.5) is 17.6 Å². The topological polar surface area (TPSA) is 9.23 Å². The molecule has 2 aromatic carbocycles. The Kier molecular flexibility index (Phi) is 7.45. The second-order valence-electron chi connectivity index (χ2n) is 9.48. The van der Waals surface area contributed by atoms with Gasteiger partial charge in [-0.3, -0.25) is 0 Å². The van der Waals surface area contributed by atoms with E-state index in [-0.39, 0.29) is 30.1 Å². The molecule has 0 saturated heterocycles. The summed E-state index contributed by atoms with van der Waals surface area (Å²) in [4.78, 5) is 0. The van der Waals surface area contributed by atoms with Crippen LogP contribution in [-0.4, -0.2) is 6.61 Å². The van der Waals surface area contributed by atoms with Gasteiger partial charge in [-0.25, -0.2) is 13.2 Å². The Hall–Kier alpha value is -2.30. The van der Waals surface area contributed by atoms with Gasteiger partial charge in [0, 0.05) is 0 Å². The largest absolute Gasteiger partial charge is 0.491 e. The zero-order valence-electron chi connectivity index (χ0n) is 19.2. The van der Waals surface area contributed by atoms with Gasteiger partial charge in [-0.1, -0.05) is 24.3 Å². The molecular weight excluding hydrogens is 428 g/mol. The Morgan fingerprint density at radius 3 is 1.52 bits per heavy atom. The van der Waals surface area contributed by atoms with Gasteiger partial charge >= 0.3 is 0 Å². The van der Waals surface area contributed by atoms with E-state index in [9.17, 15) is 8.78 Å². The van der Waals surface area contributed by atoms with E-state index >= 15 is 8.78 Å². The van der Waals surface area contributed by atoms with Crippen molar-refractivity contribution in [2.75, 3.05) is 6.61 Å². The van der Waals surface area contributed by atoms with Crippen molar-refractivity contribution in [1.82, 2.24) is 0 Å². The predicted molar refractivity (Wildman–Crippen MR) is 123 cm³/mol. The minimum atomic E-state index is -0.956. The van der Waals surface area contributed by atoms with Crippen LogP contribution in [0.1, 0.15) is 92.7 Å². The summed E-state index contributed by atoms with van der Waals surface area (Å²) in [6.45, 7) is 5.82. The van der Waals surface area contributed by atoms with Crippen molar-refractivity contribution in [3.63, 3.8) is 0 Å². The predicted octanol–water partition coefficient (Wildman–Crippen LogP) is 8.54. The van der Waals surface area contributed by atoms with E-state index in [0.717, 1.165) is 25.7 Å². The summed E-state index contributed by atoms with van der Waals surface area (Å²) >= 11 is 0. The first-order valence-corrected chi connectivity index (χ1v) is 12.2. The van der Waals surface area contributed by atoms with Gasteiger partial charge in [0.2, 0.25) is 5.82 Å². The summed E-state index contributed by atoms with van der Waals surface area (Å²) in [5.41, 5.74) is 1.23. The lowest BCUT2D eigenvalue weighted by Crippen LogP contribution is -2.17. The molecule has 178 valence electrons. The smallest absolute Gasteiger partial charge is 0.200 e. The van der Waals surface area contributed by atoms with Crippen molar-refractivity contribution < 1.29 is 22.3 Å². The van der Waals surface area contributed by atoms with E-state index in [2.05, 4.69) is 6.58 Å². The quantitative estimate of drug-likeness (QED) is 0.310. The Morgan fingerprint density at radius 1 is 0.697 bits per heavy atom. The van der Waals surface area contributed by atoms with E-state index in [1.54, 1.807) is 25.1 Å². The molecule has 2 aromatic rings. The Labute approximate surface area is 193 Å². The molecule has 1 nitrogen and oxygen atoms in total. The first-order chi connectivity index (χ1) is 15.9. The van der Waals surface area contributed by atoms with Crippen LogP contribution < -0.4 is 4.74 Å². The zero-order valence-corrected chi connectivity index (χ0v) is 19.2. The lowest BCUT2D eigenvalue weighted by Gasteiger charge is -2.31. The van der Waals surface area contributed by atoms with E-state index in [0.29, 0.717) is 48.3 Å². The summed E-state index contributed by atoms with van der Waals surface area (Å²) in [5, 5.41) is 0. The number of ether oxygens (including phenoxy) is 1. The fourth-order valence-corrected chi connectivity index (χ4v) is 5.72. The second-order valence-corrected chi connectivity index (χ2v) is 9.48. The summed E-state index contributed by atoms with van der Waals surface area (Å²) in [7, 11) is 0. The minimum absolute atomic E-state index is 0.0537. The summed E-state index contributed by atoms with van der Waals surface area (Å²) in [5.74, 6) is -3.08. The third kappa shape index (κ3) is 4.83. The molecule has 5 heteroatoms. The molecule has 4 rings (SSSR count). The highest BCUT2D eigenvalue weighted by molar-refractivity contribution is 5.35. The van der Waals surface area contributed by atoms with Crippen LogP contribution in [0, 0.1) is 29.2 Å². The Morgan fingerprint density at radius 2 is 1.09 bits per heavy atom. The molecule has 0 aromatic heterocycles. The molecule has 0 atom stereocenters. The van der Waals surface area contributed by atoms with Gasteiger partial charge in [0.15, 0.2) is 23.2 Å². The molecule has 0 N–H and O–H groups in total. The van der Waals surface area contributed by atoms with Gasteiger partial charge in [0.25, 0.3) is 0 Å². The van der Waals surface area contributed by atoms with E-state index < -0.39 is 23.3 Å². The average molecular weight is 461 g/mol. The van der Waals surface area contributed by atoms with Crippen LogP contribution in [0.25, 0.3) is 0 Å². The van der Waals surface area contributed by atoms with E-state index in [1.165, 1.54) is 6.07 Å². The molecule has 0 radical (unpaired) electrons. The third-order valence-corrected chi connectivity index (χ3v) is 7.67. The van der Waals surface area contributed by atoms with Gasteiger partial charge in [-0.05, 0) is 105 Å². The molecule has 0 bridgehead atoms. The van der Waals surface area contributed by atoms with Gasteiger partial charge in [0.05, 0.1) is 6.61 Å². The monoisotopic (exact) mass is 460 g/mol. The van der Waals surface area contributed by atoms with Crippen molar-refractivity contribution >= 4 is 0 Å². The zero-order chi connectivity index (χ0) is 23.5. The number of benzene rings is 2. The van der Waals surface area contributed by atoms with Crippen LogP contribution in [0.2, 0.25) is 0 Å². The third-order valence-electron chi connectivity index (χ3n) is 7.67. The fraction of sp³-hybridized carbons (Fsp3) is 0.500. The minimum Gasteiger partial charge on any atom is -0.491 e. The van der Waals surface area contributed by atoms with E-state index in [1.807, 2.05) is 6.08 Å². The number of hydrogen-bond acceptors (Lipinski definition) is 1. The first kappa shape index (κ1) is 23.8. The normalized spacial score (nSPS) is 25.6. The van der Waals surface area contributed by atoms with Gasteiger partial charge in [-0.2, -0.15) is 4.39 Å². The van der Waals surface area contributed by atoms with Gasteiger partial charge in [-0.15, -0.1) is 6.58 Å². The number of halogens is 4. The van der Waals surface area contributed by atoms with Gasteiger partial charge < -0.3 is 4.74 Å². The molecule has 0 heterocycles. The highest BCUT2D eigenvalue weighted by Crippen LogP contribution is 2.44. The molecule has 0 unspecified atom stereocenters. The average Bonchev–Trinajstić information content (AvgIpc) is 2.84.